The Morgan fingerprint density at radius 3 is 2.38 bits per heavy atom. The minimum Gasteiger partial charge on any atom is -0.369 e. The SMILES string of the molecule is NC(=O)CSc1ccccc1NC(=O)C1CCN(C(=O)c2ccc(Cl)cc2)CC1. The van der Waals surface area contributed by atoms with Crippen LogP contribution in [0.5, 0.6) is 0 Å². The first-order chi connectivity index (χ1) is 13.9. The summed E-state index contributed by atoms with van der Waals surface area (Å²) in [4.78, 5) is 38.9. The molecule has 0 aromatic heterocycles. The largest absolute Gasteiger partial charge is 0.369 e. The summed E-state index contributed by atoms with van der Waals surface area (Å²) in [6, 6.07) is 14.1. The van der Waals surface area contributed by atoms with Crippen molar-refractivity contribution in [3.05, 3.63) is 59.1 Å². The standard InChI is InChI=1S/C21H22ClN3O3S/c22-16-7-5-15(6-8-16)21(28)25-11-9-14(10-12-25)20(27)24-17-3-1-2-4-18(17)29-13-19(23)26/h1-8,14H,9-13H2,(H2,23,26)(H,24,27). The number of rotatable bonds is 6. The van der Waals surface area contributed by atoms with Crippen LogP contribution < -0.4 is 11.1 Å². The van der Waals surface area contributed by atoms with Gasteiger partial charge in [0.1, 0.15) is 0 Å². The Morgan fingerprint density at radius 1 is 1.07 bits per heavy atom. The van der Waals surface area contributed by atoms with E-state index in [1.54, 1.807) is 35.2 Å². The third kappa shape index (κ3) is 5.74. The second-order valence-electron chi connectivity index (χ2n) is 6.81. The maximum absolute atomic E-state index is 12.7. The maximum Gasteiger partial charge on any atom is 0.253 e. The molecule has 0 spiro atoms. The number of hydrogen-bond acceptors (Lipinski definition) is 4. The number of nitrogens with two attached hydrogens (primary N) is 1. The smallest absolute Gasteiger partial charge is 0.253 e. The van der Waals surface area contributed by atoms with Crippen molar-refractivity contribution >= 4 is 46.8 Å². The lowest BCUT2D eigenvalue weighted by Crippen LogP contribution is -2.41. The van der Waals surface area contributed by atoms with E-state index in [4.69, 9.17) is 17.3 Å². The number of likely N-dealkylation sites (tertiary alicyclic amines) is 1. The number of carbonyl (C=O) groups excluding carboxylic acids is 3. The number of nitrogens with zero attached hydrogens (tertiary/aromatic N) is 1. The third-order valence-electron chi connectivity index (χ3n) is 4.76. The first kappa shape index (κ1) is 21.2. The molecule has 2 aromatic rings. The summed E-state index contributed by atoms with van der Waals surface area (Å²) in [5.41, 5.74) is 6.47. The Hall–Kier alpha value is -2.51. The lowest BCUT2D eigenvalue weighted by atomic mass is 9.95. The Bertz CT molecular complexity index is 896. The number of nitrogens with one attached hydrogen (secondary N) is 1. The molecule has 152 valence electrons. The molecule has 0 atom stereocenters. The van der Waals surface area contributed by atoms with E-state index in [1.807, 2.05) is 18.2 Å². The van der Waals surface area contributed by atoms with Crippen molar-refractivity contribution in [2.45, 2.75) is 17.7 Å². The molecule has 1 saturated heterocycles. The molecule has 1 fully saturated rings. The molecule has 2 aromatic carbocycles. The Kier molecular flexibility index (Phi) is 7.17. The van der Waals surface area contributed by atoms with Crippen LogP contribution >= 0.6 is 23.4 Å². The molecule has 29 heavy (non-hydrogen) atoms. The highest BCUT2D eigenvalue weighted by molar-refractivity contribution is 8.00. The van der Waals surface area contributed by atoms with Crippen LogP contribution in [0.4, 0.5) is 5.69 Å². The van der Waals surface area contributed by atoms with Crippen LogP contribution in [0.1, 0.15) is 23.2 Å². The minimum atomic E-state index is -0.408. The Labute approximate surface area is 178 Å². The quantitative estimate of drug-likeness (QED) is 0.685. The van der Waals surface area contributed by atoms with Crippen LogP contribution in [0.25, 0.3) is 0 Å². The summed E-state index contributed by atoms with van der Waals surface area (Å²) in [5.74, 6) is -0.547. The average molecular weight is 432 g/mol. The van der Waals surface area contributed by atoms with Gasteiger partial charge in [0.2, 0.25) is 11.8 Å². The molecule has 0 unspecified atom stereocenters. The third-order valence-corrected chi connectivity index (χ3v) is 6.11. The molecule has 3 amide bonds. The van der Waals surface area contributed by atoms with Gasteiger partial charge < -0.3 is 16.0 Å². The molecular formula is C21H22ClN3O3S. The molecule has 3 N–H and O–H groups in total. The van der Waals surface area contributed by atoms with E-state index in [9.17, 15) is 14.4 Å². The zero-order valence-electron chi connectivity index (χ0n) is 15.8. The van der Waals surface area contributed by atoms with E-state index in [0.717, 1.165) is 4.90 Å². The summed E-state index contributed by atoms with van der Waals surface area (Å²) in [6.07, 6.45) is 1.20. The number of benzene rings is 2. The molecule has 0 bridgehead atoms. The van der Waals surface area contributed by atoms with Crippen LogP contribution in [0.15, 0.2) is 53.4 Å². The molecule has 1 heterocycles. The topological polar surface area (TPSA) is 92.5 Å². The molecule has 1 aliphatic rings. The molecule has 8 heteroatoms. The van der Waals surface area contributed by atoms with Gasteiger partial charge in [-0.2, -0.15) is 0 Å². The van der Waals surface area contributed by atoms with E-state index in [2.05, 4.69) is 5.32 Å². The minimum absolute atomic E-state index is 0.0475. The van der Waals surface area contributed by atoms with Crippen LogP contribution in [0.2, 0.25) is 5.02 Å². The summed E-state index contributed by atoms with van der Waals surface area (Å²) in [7, 11) is 0. The molecule has 3 rings (SSSR count). The van der Waals surface area contributed by atoms with Gasteiger partial charge in [0.15, 0.2) is 0 Å². The van der Waals surface area contributed by atoms with Crippen molar-refractivity contribution in [1.82, 2.24) is 4.90 Å². The fraction of sp³-hybridized carbons (Fsp3) is 0.286. The normalized spacial score (nSPS) is 14.4. The molecule has 1 aliphatic heterocycles. The van der Waals surface area contributed by atoms with E-state index in [1.165, 1.54) is 11.8 Å². The van der Waals surface area contributed by atoms with Crippen molar-refractivity contribution in [3.8, 4) is 0 Å². The number of carbonyl (C=O) groups is 3. The Morgan fingerprint density at radius 2 is 1.72 bits per heavy atom. The monoisotopic (exact) mass is 431 g/mol. The van der Waals surface area contributed by atoms with Crippen molar-refractivity contribution < 1.29 is 14.4 Å². The number of piperidine rings is 1. The highest BCUT2D eigenvalue weighted by atomic mass is 35.5. The van der Waals surface area contributed by atoms with E-state index < -0.39 is 5.91 Å². The number of halogens is 1. The molecule has 6 nitrogen and oxygen atoms in total. The summed E-state index contributed by atoms with van der Waals surface area (Å²) in [6.45, 7) is 1.05. The van der Waals surface area contributed by atoms with Gasteiger partial charge in [-0.05, 0) is 49.2 Å². The first-order valence-corrected chi connectivity index (χ1v) is 10.7. The average Bonchev–Trinajstić information content (AvgIpc) is 2.73. The van der Waals surface area contributed by atoms with E-state index >= 15 is 0 Å². The first-order valence-electron chi connectivity index (χ1n) is 9.30. The number of thioether (sulfide) groups is 1. The second-order valence-corrected chi connectivity index (χ2v) is 8.27. The van der Waals surface area contributed by atoms with Crippen LogP contribution in [0, 0.1) is 5.92 Å². The number of para-hydroxylation sites is 1. The Balaban J connectivity index is 1.56. The van der Waals surface area contributed by atoms with Gasteiger partial charge in [-0.15, -0.1) is 11.8 Å². The zero-order chi connectivity index (χ0) is 20.8. The van der Waals surface area contributed by atoms with Gasteiger partial charge >= 0.3 is 0 Å². The molecular weight excluding hydrogens is 410 g/mol. The molecule has 0 saturated carbocycles. The summed E-state index contributed by atoms with van der Waals surface area (Å²) >= 11 is 7.17. The highest BCUT2D eigenvalue weighted by Crippen LogP contribution is 2.28. The van der Waals surface area contributed by atoms with E-state index in [0.29, 0.717) is 42.2 Å². The second kappa shape index (κ2) is 9.80. The number of primary amides is 1. The van der Waals surface area contributed by atoms with E-state index in [-0.39, 0.29) is 23.5 Å². The van der Waals surface area contributed by atoms with Gasteiger partial charge in [-0.3, -0.25) is 14.4 Å². The summed E-state index contributed by atoms with van der Waals surface area (Å²) < 4.78 is 0. The lowest BCUT2D eigenvalue weighted by Gasteiger charge is -2.31. The lowest BCUT2D eigenvalue weighted by molar-refractivity contribution is -0.121. The van der Waals surface area contributed by atoms with Gasteiger partial charge in [-0.1, -0.05) is 23.7 Å². The van der Waals surface area contributed by atoms with Crippen molar-refractivity contribution in [2.24, 2.45) is 11.7 Å². The van der Waals surface area contributed by atoms with Crippen molar-refractivity contribution in [1.29, 1.82) is 0 Å². The fourth-order valence-corrected chi connectivity index (χ4v) is 4.07. The van der Waals surface area contributed by atoms with Gasteiger partial charge in [0, 0.05) is 34.5 Å². The van der Waals surface area contributed by atoms with Gasteiger partial charge in [-0.25, -0.2) is 0 Å². The zero-order valence-corrected chi connectivity index (χ0v) is 17.3. The van der Waals surface area contributed by atoms with Gasteiger partial charge in [0.05, 0.1) is 11.4 Å². The van der Waals surface area contributed by atoms with Crippen molar-refractivity contribution in [3.63, 3.8) is 0 Å². The molecule has 0 radical (unpaired) electrons. The predicted octanol–water partition coefficient (Wildman–Crippen LogP) is 3.41. The summed E-state index contributed by atoms with van der Waals surface area (Å²) in [5, 5.41) is 3.55. The van der Waals surface area contributed by atoms with Crippen LogP contribution in [0.3, 0.4) is 0 Å². The predicted molar refractivity (Wildman–Crippen MR) is 115 cm³/mol. The molecule has 0 aliphatic carbocycles. The van der Waals surface area contributed by atoms with Crippen LogP contribution in [-0.4, -0.2) is 41.5 Å². The number of anilines is 1. The van der Waals surface area contributed by atoms with Gasteiger partial charge in [0.25, 0.3) is 5.91 Å². The van der Waals surface area contributed by atoms with Crippen LogP contribution in [-0.2, 0) is 9.59 Å². The maximum atomic E-state index is 12.7. The highest BCUT2D eigenvalue weighted by Gasteiger charge is 2.28. The van der Waals surface area contributed by atoms with Crippen molar-refractivity contribution in [2.75, 3.05) is 24.2 Å². The number of amides is 3. The fourth-order valence-electron chi connectivity index (χ4n) is 3.20. The number of hydrogen-bond donors (Lipinski definition) is 2.